The number of hydrogen-bond acceptors (Lipinski definition) is 5. The monoisotopic (exact) mass is 222 g/mol. The highest BCUT2D eigenvalue weighted by Crippen LogP contribution is 2.12. The van der Waals surface area contributed by atoms with Gasteiger partial charge in [0.1, 0.15) is 0 Å². The second-order valence-electron chi connectivity index (χ2n) is 3.70. The van der Waals surface area contributed by atoms with Crippen LogP contribution in [0.1, 0.15) is 12.8 Å². The molecule has 0 saturated carbocycles. The molecule has 5 nitrogen and oxygen atoms in total. The zero-order chi connectivity index (χ0) is 10.6. The van der Waals surface area contributed by atoms with Crippen molar-refractivity contribution in [2.45, 2.75) is 25.0 Å². The molecule has 0 bridgehead atoms. The molecule has 2 atom stereocenters. The summed E-state index contributed by atoms with van der Waals surface area (Å²) in [6.45, 7) is 1.36. The van der Waals surface area contributed by atoms with Gasteiger partial charge in [-0.15, -0.1) is 0 Å². The molecule has 0 unspecified atom stereocenters. The first kappa shape index (κ1) is 11.9. The van der Waals surface area contributed by atoms with Gasteiger partial charge < -0.3 is 16.2 Å². The van der Waals surface area contributed by atoms with Crippen LogP contribution in [-0.2, 0) is 9.84 Å². The van der Waals surface area contributed by atoms with E-state index in [9.17, 15) is 13.5 Å². The topological polar surface area (TPSA) is 92.4 Å². The summed E-state index contributed by atoms with van der Waals surface area (Å²) in [7, 11) is -3.02. The molecule has 1 heterocycles. The summed E-state index contributed by atoms with van der Waals surface area (Å²) in [5.41, 5.74) is 5.32. The molecule has 1 saturated heterocycles. The van der Waals surface area contributed by atoms with E-state index in [-0.39, 0.29) is 17.5 Å². The average Bonchev–Trinajstić information content (AvgIpc) is 2.34. The number of aliphatic hydroxyl groups is 1. The van der Waals surface area contributed by atoms with Crippen LogP contribution in [-0.4, -0.2) is 50.3 Å². The van der Waals surface area contributed by atoms with Gasteiger partial charge in [0.25, 0.3) is 0 Å². The van der Waals surface area contributed by atoms with Crippen molar-refractivity contribution < 1.29 is 13.5 Å². The van der Waals surface area contributed by atoms with E-state index in [1.165, 1.54) is 0 Å². The lowest BCUT2D eigenvalue weighted by molar-refractivity contribution is 0.166. The summed E-state index contributed by atoms with van der Waals surface area (Å²) >= 11 is 0. The second kappa shape index (κ2) is 5.06. The Morgan fingerprint density at radius 3 is 2.57 bits per heavy atom. The smallest absolute Gasteiger partial charge is 0.154 e. The van der Waals surface area contributed by atoms with Crippen LogP contribution in [0.3, 0.4) is 0 Å². The molecule has 1 aliphatic rings. The van der Waals surface area contributed by atoms with Crippen LogP contribution >= 0.6 is 0 Å². The Morgan fingerprint density at radius 2 is 2.07 bits per heavy atom. The highest BCUT2D eigenvalue weighted by Gasteiger charge is 2.35. The van der Waals surface area contributed by atoms with Crippen LogP contribution in [0.15, 0.2) is 0 Å². The summed E-state index contributed by atoms with van der Waals surface area (Å²) in [4.78, 5) is 0. The van der Waals surface area contributed by atoms with Crippen LogP contribution in [0.4, 0.5) is 0 Å². The van der Waals surface area contributed by atoms with E-state index in [0.29, 0.717) is 13.1 Å². The molecule has 0 amide bonds. The summed E-state index contributed by atoms with van der Waals surface area (Å²) in [6, 6.07) is -0.294. The van der Waals surface area contributed by atoms with Gasteiger partial charge in [0.05, 0.1) is 17.6 Å². The Kier molecular flexibility index (Phi) is 4.31. The van der Waals surface area contributed by atoms with E-state index in [2.05, 4.69) is 5.32 Å². The SMILES string of the molecule is NCCCCN[C@@H]1CS(=O)(=O)C[C@H]1O. The molecular weight excluding hydrogens is 204 g/mol. The van der Waals surface area contributed by atoms with Crippen molar-refractivity contribution in [3.05, 3.63) is 0 Å². The lowest BCUT2D eigenvalue weighted by Gasteiger charge is -2.14. The quantitative estimate of drug-likeness (QED) is 0.491. The van der Waals surface area contributed by atoms with Crippen molar-refractivity contribution in [3.8, 4) is 0 Å². The van der Waals surface area contributed by atoms with Gasteiger partial charge in [-0.05, 0) is 25.9 Å². The van der Waals surface area contributed by atoms with Crippen LogP contribution in [0.25, 0.3) is 0 Å². The minimum Gasteiger partial charge on any atom is -0.390 e. The van der Waals surface area contributed by atoms with Crippen LogP contribution in [0.2, 0.25) is 0 Å². The highest BCUT2D eigenvalue weighted by molar-refractivity contribution is 7.91. The molecule has 0 aromatic rings. The average molecular weight is 222 g/mol. The van der Waals surface area contributed by atoms with Crippen molar-refractivity contribution in [1.29, 1.82) is 0 Å². The van der Waals surface area contributed by atoms with Gasteiger partial charge in [-0.1, -0.05) is 0 Å². The zero-order valence-corrected chi connectivity index (χ0v) is 8.96. The fourth-order valence-electron chi connectivity index (χ4n) is 1.58. The maximum absolute atomic E-state index is 11.1. The largest absolute Gasteiger partial charge is 0.390 e. The predicted molar refractivity (Wildman–Crippen MR) is 54.7 cm³/mol. The van der Waals surface area contributed by atoms with Gasteiger partial charge in [0, 0.05) is 6.04 Å². The molecule has 4 N–H and O–H groups in total. The predicted octanol–water partition coefficient (Wildman–Crippen LogP) is -1.53. The minimum atomic E-state index is -3.02. The molecule has 1 aliphatic heterocycles. The number of nitrogens with one attached hydrogen (secondary N) is 1. The summed E-state index contributed by atoms with van der Waals surface area (Å²) in [5.74, 6) is -0.0572. The lowest BCUT2D eigenvalue weighted by atomic mass is 10.2. The van der Waals surface area contributed by atoms with Crippen molar-refractivity contribution in [2.75, 3.05) is 24.6 Å². The number of aliphatic hydroxyl groups excluding tert-OH is 1. The fraction of sp³-hybridized carbons (Fsp3) is 1.00. The Hall–Kier alpha value is -0.170. The number of hydrogen-bond donors (Lipinski definition) is 3. The molecule has 1 fully saturated rings. The molecule has 0 spiro atoms. The number of sulfone groups is 1. The van der Waals surface area contributed by atoms with E-state index in [1.54, 1.807) is 0 Å². The molecule has 0 aromatic heterocycles. The third kappa shape index (κ3) is 3.53. The molecule has 84 valence electrons. The normalized spacial score (nSPS) is 30.7. The van der Waals surface area contributed by atoms with E-state index >= 15 is 0 Å². The van der Waals surface area contributed by atoms with Crippen LogP contribution in [0.5, 0.6) is 0 Å². The Labute approximate surface area is 84.6 Å². The maximum Gasteiger partial charge on any atom is 0.154 e. The standard InChI is InChI=1S/C8H18N2O3S/c9-3-1-2-4-10-7-5-14(12,13)6-8(7)11/h7-8,10-11H,1-6,9H2/t7-,8-/m1/s1. The van der Waals surface area contributed by atoms with Gasteiger partial charge in [-0.2, -0.15) is 0 Å². The molecule has 1 rings (SSSR count). The molecule has 0 aromatic carbocycles. The van der Waals surface area contributed by atoms with E-state index < -0.39 is 15.9 Å². The van der Waals surface area contributed by atoms with Gasteiger partial charge in [-0.25, -0.2) is 8.42 Å². The second-order valence-corrected chi connectivity index (χ2v) is 5.85. The Bertz CT molecular complexity index is 266. The van der Waals surface area contributed by atoms with Gasteiger partial charge in [-0.3, -0.25) is 0 Å². The molecule has 14 heavy (non-hydrogen) atoms. The number of rotatable bonds is 5. The fourth-order valence-corrected chi connectivity index (χ4v) is 3.36. The first-order valence-corrected chi connectivity index (χ1v) is 6.69. The third-order valence-electron chi connectivity index (χ3n) is 2.36. The summed E-state index contributed by atoms with van der Waals surface area (Å²) in [6.07, 6.45) is 1.08. The molecular formula is C8H18N2O3S. The summed E-state index contributed by atoms with van der Waals surface area (Å²) < 4.78 is 22.2. The minimum absolute atomic E-state index is 0.0524. The highest BCUT2D eigenvalue weighted by atomic mass is 32.2. The Balaban J connectivity index is 2.25. The van der Waals surface area contributed by atoms with E-state index in [4.69, 9.17) is 5.73 Å². The van der Waals surface area contributed by atoms with Crippen molar-refractivity contribution in [2.24, 2.45) is 5.73 Å². The van der Waals surface area contributed by atoms with Crippen LogP contribution < -0.4 is 11.1 Å². The number of unbranched alkanes of at least 4 members (excludes halogenated alkanes) is 1. The summed E-state index contributed by atoms with van der Waals surface area (Å²) in [5, 5.41) is 12.5. The lowest BCUT2D eigenvalue weighted by Crippen LogP contribution is -2.39. The van der Waals surface area contributed by atoms with Crippen LogP contribution in [0, 0.1) is 0 Å². The van der Waals surface area contributed by atoms with Crippen molar-refractivity contribution in [1.82, 2.24) is 5.32 Å². The van der Waals surface area contributed by atoms with Gasteiger partial charge in [0.2, 0.25) is 0 Å². The first-order chi connectivity index (χ1) is 6.55. The van der Waals surface area contributed by atoms with Gasteiger partial charge >= 0.3 is 0 Å². The van der Waals surface area contributed by atoms with Crippen molar-refractivity contribution >= 4 is 9.84 Å². The zero-order valence-electron chi connectivity index (χ0n) is 8.15. The third-order valence-corrected chi connectivity index (χ3v) is 4.08. The first-order valence-electron chi connectivity index (χ1n) is 4.87. The molecule has 6 heteroatoms. The maximum atomic E-state index is 11.1. The molecule has 0 radical (unpaired) electrons. The number of nitrogens with two attached hydrogens (primary N) is 1. The Morgan fingerprint density at radius 1 is 1.36 bits per heavy atom. The molecule has 0 aliphatic carbocycles. The van der Waals surface area contributed by atoms with E-state index in [1.807, 2.05) is 0 Å². The van der Waals surface area contributed by atoms with Gasteiger partial charge in [0.15, 0.2) is 9.84 Å². The van der Waals surface area contributed by atoms with Crippen molar-refractivity contribution in [3.63, 3.8) is 0 Å². The van der Waals surface area contributed by atoms with E-state index in [0.717, 1.165) is 12.8 Å².